The van der Waals surface area contributed by atoms with E-state index in [-0.39, 0.29) is 22.9 Å². The van der Waals surface area contributed by atoms with Crippen molar-refractivity contribution in [1.29, 1.82) is 0 Å². The molecular formula is C15H29N3O2. The van der Waals surface area contributed by atoms with E-state index in [4.69, 9.17) is 0 Å². The lowest BCUT2D eigenvalue weighted by molar-refractivity contribution is -0.134. The van der Waals surface area contributed by atoms with Gasteiger partial charge in [0.2, 0.25) is 5.91 Å². The number of piperazine rings is 1. The zero-order valence-corrected chi connectivity index (χ0v) is 13.7. The minimum atomic E-state index is -0.226. The highest BCUT2D eigenvalue weighted by Crippen LogP contribution is 2.20. The van der Waals surface area contributed by atoms with E-state index < -0.39 is 0 Å². The minimum absolute atomic E-state index is 0.0117. The van der Waals surface area contributed by atoms with Crippen LogP contribution in [0.5, 0.6) is 0 Å². The zero-order chi connectivity index (χ0) is 15.6. The Hall–Kier alpha value is -1.26. The van der Waals surface area contributed by atoms with Gasteiger partial charge in [-0.2, -0.15) is 0 Å². The average molecular weight is 283 g/mol. The highest BCUT2D eigenvalue weighted by atomic mass is 16.2. The number of hydrogen-bond acceptors (Lipinski definition) is 2. The molecule has 0 aliphatic carbocycles. The van der Waals surface area contributed by atoms with Crippen molar-refractivity contribution < 1.29 is 9.59 Å². The smallest absolute Gasteiger partial charge is 0.317 e. The van der Waals surface area contributed by atoms with Crippen LogP contribution in [-0.4, -0.2) is 53.5 Å². The lowest BCUT2D eigenvalue weighted by atomic mass is 9.91. The summed E-state index contributed by atoms with van der Waals surface area (Å²) in [6.45, 7) is 14.6. The van der Waals surface area contributed by atoms with Crippen molar-refractivity contribution in [3.8, 4) is 0 Å². The third-order valence-corrected chi connectivity index (χ3v) is 3.08. The standard InChI is InChI=1S/C15H29N3O2/c1-14(2,3)11-12(19)17-7-9-18(10-8-17)13(20)16-15(4,5)6/h7-11H2,1-6H3,(H,16,20). The van der Waals surface area contributed by atoms with Gasteiger partial charge in [-0.05, 0) is 26.2 Å². The monoisotopic (exact) mass is 283 g/mol. The largest absolute Gasteiger partial charge is 0.339 e. The highest BCUT2D eigenvalue weighted by molar-refractivity contribution is 5.78. The second-order valence-corrected chi connectivity index (χ2v) is 7.79. The Labute approximate surface area is 122 Å². The normalized spacial score (nSPS) is 17.1. The molecule has 20 heavy (non-hydrogen) atoms. The van der Waals surface area contributed by atoms with Gasteiger partial charge >= 0.3 is 6.03 Å². The number of nitrogens with zero attached hydrogens (tertiary/aromatic N) is 2. The van der Waals surface area contributed by atoms with E-state index in [1.54, 1.807) is 4.90 Å². The Balaban J connectivity index is 2.44. The first kappa shape index (κ1) is 16.8. The summed E-state index contributed by atoms with van der Waals surface area (Å²) in [7, 11) is 0. The van der Waals surface area contributed by atoms with Crippen LogP contribution in [0, 0.1) is 5.41 Å². The molecule has 0 radical (unpaired) electrons. The van der Waals surface area contributed by atoms with Crippen LogP contribution in [0.4, 0.5) is 4.79 Å². The van der Waals surface area contributed by atoms with Gasteiger partial charge in [-0.3, -0.25) is 4.79 Å². The van der Waals surface area contributed by atoms with Crippen LogP contribution in [0.1, 0.15) is 48.0 Å². The Morgan fingerprint density at radius 1 is 0.900 bits per heavy atom. The van der Waals surface area contributed by atoms with Crippen LogP contribution < -0.4 is 5.32 Å². The molecule has 5 nitrogen and oxygen atoms in total. The Kier molecular flexibility index (Phi) is 5.05. The van der Waals surface area contributed by atoms with Gasteiger partial charge in [0.1, 0.15) is 0 Å². The first-order chi connectivity index (χ1) is 8.98. The van der Waals surface area contributed by atoms with Crippen molar-refractivity contribution >= 4 is 11.9 Å². The molecule has 116 valence electrons. The maximum Gasteiger partial charge on any atom is 0.317 e. The van der Waals surface area contributed by atoms with Crippen molar-refractivity contribution in [3.05, 3.63) is 0 Å². The van der Waals surface area contributed by atoms with E-state index >= 15 is 0 Å². The molecule has 5 heteroatoms. The summed E-state index contributed by atoms with van der Waals surface area (Å²) >= 11 is 0. The number of carbonyl (C=O) groups excluding carboxylic acids is 2. The maximum atomic E-state index is 12.1. The van der Waals surface area contributed by atoms with Gasteiger partial charge in [0.25, 0.3) is 0 Å². The third-order valence-electron chi connectivity index (χ3n) is 3.08. The van der Waals surface area contributed by atoms with Gasteiger partial charge in [0.15, 0.2) is 0 Å². The number of hydrogen-bond donors (Lipinski definition) is 1. The van der Waals surface area contributed by atoms with Crippen LogP contribution in [0.2, 0.25) is 0 Å². The Morgan fingerprint density at radius 3 is 1.75 bits per heavy atom. The fraction of sp³-hybridized carbons (Fsp3) is 0.867. The fourth-order valence-corrected chi connectivity index (χ4v) is 2.12. The van der Waals surface area contributed by atoms with Crippen molar-refractivity contribution in [2.24, 2.45) is 5.41 Å². The number of nitrogens with one attached hydrogen (secondary N) is 1. The summed E-state index contributed by atoms with van der Waals surface area (Å²) in [5, 5.41) is 2.95. The number of urea groups is 1. The van der Waals surface area contributed by atoms with E-state index in [0.29, 0.717) is 32.6 Å². The third kappa shape index (κ3) is 5.80. The zero-order valence-electron chi connectivity index (χ0n) is 13.7. The molecule has 1 aliphatic heterocycles. The average Bonchev–Trinajstić information content (AvgIpc) is 2.24. The van der Waals surface area contributed by atoms with Crippen LogP contribution in [0.15, 0.2) is 0 Å². The van der Waals surface area contributed by atoms with Crippen molar-refractivity contribution in [2.45, 2.75) is 53.5 Å². The summed E-state index contributed by atoms with van der Waals surface area (Å²) in [4.78, 5) is 27.8. The fourth-order valence-electron chi connectivity index (χ4n) is 2.12. The lowest BCUT2D eigenvalue weighted by Gasteiger charge is -2.37. The quantitative estimate of drug-likeness (QED) is 0.801. The first-order valence-corrected chi connectivity index (χ1v) is 7.33. The molecule has 0 atom stereocenters. The van der Waals surface area contributed by atoms with Crippen LogP contribution in [0.25, 0.3) is 0 Å². The van der Waals surface area contributed by atoms with E-state index in [2.05, 4.69) is 26.1 Å². The predicted molar refractivity (Wildman–Crippen MR) is 80.5 cm³/mol. The molecular weight excluding hydrogens is 254 g/mol. The van der Waals surface area contributed by atoms with Gasteiger partial charge < -0.3 is 15.1 Å². The maximum absolute atomic E-state index is 12.1. The molecule has 0 aromatic heterocycles. The molecule has 0 aromatic rings. The van der Waals surface area contributed by atoms with Crippen LogP contribution in [-0.2, 0) is 4.79 Å². The summed E-state index contributed by atoms with van der Waals surface area (Å²) in [5.74, 6) is 0.188. The molecule has 0 spiro atoms. The molecule has 1 fully saturated rings. The van der Waals surface area contributed by atoms with Crippen LogP contribution >= 0.6 is 0 Å². The molecule has 1 aliphatic rings. The topological polar surface area (TPSA) is 52.7 Å². The van der Waals surface area contributed by atoms with E-state index in [0.717, 1.165) is 0 Å². The number of rotatable bonds is 1. The minimum Gasteiger partial charge on any atom is -0.339 e. The number of amides is 3. The van der Waals surface area contributed by atoms with Crippen molar-refractivity contribution in [3.63, 3.8) is 0 Å². The predicted octanol–water partition coefficient (Wildman–Crippen LogP) is 2.07. The first-order valence-electron chi connectivity index (χ1n) is 7.33. The summed E-state index contributed by atoms with van der Waals surface area (Å²) in [6, 6.07) is -0.0413. The molecule has 0 saturated carbocycles. The SMILES string of the molecule is CC(C)(C)CC(=O)N1CCN(C(=O)NC(C)(C)C)CC1. The van der Waals surface area contributed by atoms with E-state index in [1.807, 2.05) is 25.7 Å². The summed E-state index contributed by atoms with van der Waals surface area (Å²) in [6.07, 6.45) is 0.557. The molecule has 1 N–H and O–H groups in total. The molecule has 0 unspecified atom stereocenters. The summed E-state index contributed by atoms with van der Waals surface area (Å²) < 4.78 is 0. The molecule has 3 amide bonds. The molecule has 1 heterocycles. The lowest BCUT2D eigenvalue weighted by Crippen LogP contribution is -2.56. The Bertz CT molecular complexity index is 322. The van der Waals surface area contributed by atoms with E-state index in [9.17, 15) is 9.59 Å². The molecule has 0 aromatic carbocycles. The van der Waals surface area contributed by atoms with E-state index in [1.165, 1.54) is 0 Å². The molecule has 0 bridgehead atoms. The molecule has 1 rings (SSSR count). The summed E-state index contributed by atoms with van der Waals surface area (Å²) in [5.41, 5.74) is -0.214. The van der Waals surface area contributed by atoms with Gasteiger partial charge in [0.05, 0.1) is 0 Å². The van der Waals surface area contributed by atoms with Gasteiger partial charge in [-0.25, -0.2) is 4.79 Å². The second kappa shape index (κ2) is 6.02. The Morgan fingerprint density at radius 2 is 1.35 bits per heavy atom. The van der Waals surface area contributed by atoms with Crippen molar-refractivity contribution in [1.82, 2.24) is 15.1 Å². The highest BCUT2D eigenvalue weighted by Gasteiger charge is 2.27. The second-order valence-electron chi connectivity index (χ2n) is 7.79. The molecule has 1 saturated heterocycles. The van der Waals surface area contributed by atoms with Gasteiger partial charge in [0, 0.05) is 38.1 Å². The van der Waals surface area contributed by atoms with Crippen LogP contribution in [0.3, 0.4) is 0 Å². The van der Waals surface area contributed by atoms with Crippen molar-refractivity contribution in [2.75, 3.05) is 26.2 Å². The van der Waals surface area contributed by atoms with Gasteiger partial charge in [-0.15, -0.1) is 0 Å². The number of carbonyl (C=O) groups is 2. The van der Waals surface area contributed by atoms with Gasteiger partial charge in [-0.1, -0.05) is 20.8 Å².